The molecule has 1 saturated carbocycles. The normalized spacial score (nSPS) is 17.2. The second-order valence-corrected chi connectivity index (χ2v) is 4.95. The van der Waals surface area contributed by atoms with Gasteiger partial charge in [0.1, 0.15) is 5.41 Å². The highest BCUT2D eigenvalue weighted by Crippen LogP contribution is 2.46. The average Bonchev–Trinajstić information content (AvgIpc) is 3.25. The molecule has 1 aromatic rings. The molecule has 1 amide bonds. The summed E-state index contributed by atoms with van der Waals surface area (Å²) in [6.45, 7) is 2.70. The van der Waals surface area contributed by atoms with E-state index < -0.39 is 17.3 Å². The van der Waals surface area contributed by atoms with Crippen LogP contribution in [0.15, 0.2) is 30.3 Å². The highest BCUT2D eigenvalue weighted by molar-refractivity contribution is 6.04. The van der Waals surface area contributed by atoms with Gasteiger partial charge in [-0.15, -0.1) is 0 Å². The number of rotatable bonds is 7. The number of amides is 1. The van der Waals surface area contributed by atoms with E-state index in [-0.39, 0.29) is 12.6 Å². The van der Waals surface area contributed by atoms with E-state index in [1.807, 2.05) is 37.3 Å². The van der Waals surface area contributed by atoms with Crippen molar-refractivity contribution in [3.63, 3.8) is 0 Å². The Morgan fingerprint density at radius 1 is 1.35 bits per heavy atom. The van der Waals surface area contributed by atoms with Crippen molar-refractivity contribution < 1.29 is 19.4 Å². The molecule has 1 aliphatic carbocycles. The summed E-state index contributed by atoms with van der Waals surface area (Å²) >= 11 is 0. The maximum Gasteiger partial charge on any atom is 0.319 e. The van der Waals surface area contributed by atoms with Crippen molar-refractivity contribution >= 4 is 11.9 Å². The molecule has 0 heterocycles. The van der Waals surface area contributed by atoms with Gasteiger partial charge in [-0.2, -0.15) is 0 Å². The number of benzene rings is 1. The summed E-state index contributed by atoms with van der Waals surface area (Å²) in [5.74, 6) is -1.45. The van der Waals surface area contributed by atoms with Crippen LogP contribution in [-0.2, 0) is 14.3 Å². The first kappa shape index (κ1) is 14.5. The molecule has 1 atom stereocenters. The molecular formula is C15H19NO4. The highest BCUT2D eigenvalue weighted by atomic mass is 16.5. The maximum absolute atomic E-state index is 12.0. The van der Waals surface area contributed by atoms with Crippen LogP contribution in [0.3, 0.4) is 0 Å². The largest absolute Gasteiger partial charge is 0.480 e. The fraction of sp³-hybridized carbons (Fsp3) is 0.467. The maximum atomic E-state index is 12.0. The molecule has 0 spiro atoms. The molecule has 1 fully saturated rings. The number of carboxylic acids is 1. The first-order chi connectivity index (χ1) is 9.60. The second-order valence-electron chi connectivity index (χ2n) is 4.95. The SMILES string of the molecule is CCOC(CNC(=O)C1(C(=O)O)CC1)c1ccccc1. The van der Waals surface area contributed by atoms with Gasteiger partial charge in [0.25, 0.3) is 0 Å². The molecule has 1 unspecified atom stereocenters. The zero-order valence-electron chi connectivity index (χ0n) is 11.5. The molecule has 0 saturated heterocycles. The van der Waals surface area contributed by atoms with E-state index in [9.17, 15) is 9.59 Å². The first-order valence-electron chi connectivity index (χ1n) is 6.78. The minimum Gasteiger partial charge on any atom is -0.480 e. The highest BCUT2D eigenvalue weighted by Gasteiger charge is 2.57. The van der Waals surface area contributed by atoms with Gasteiger partial charge in [0.15, 0.2) is 0 Å². The lowest BCUT2D eigenvalue weighted by molar-refractivity contribution is -0.149. The molecule has 0 aromatic heterocycles. The van der Waals surface area contributed by atoms with Crippen molar-refractivity contribution in [2.24, 2.45) is 5.41 Å². The van der Waals surface area contributed by atoms with Gasteiger partial charge in [-0.25, -0.2) is 0 Å². The monoisotopic (exact) mass is 277 g/mol. The van der Waals surface area contributed by atoms with Crippen LogP contribution in [0, 0.1) is 5.41 Å². The van der Waals surface area contributed by atoms with Crippen molar-refractivity contribution in [1.29, 1.82) is 0 Å². The fourth-order valence-electron chi connectivity index (χ4n) is 2.16. The summed E-state index contributed by atoms with van der Waals surface area (Å²) in [5, 5.41) is 11.8. The predicted octanol–water partition coefficient (Wildman–Crippen LogP) is 1.75. The smallest absolute Gasteiger partial charge is 0.319 e. The molecule has 5 heteroatoms. The van der Waals surface area contributed by atoms with E-state index in [2.05, 4.69) is 5.32 Å². The molecule has 2 N–H and O–H groups in total. The lowest BCUT2D eigenvalue weighted by atomic mass is 10.1. The summed E-state index contributed by atoms with van der Waals surface area (Å²) < 4.78 is 5.61. The van der Waals surface area contributed by atoms with Gasteiger partial charge < -0.3 is 15.2 Å². The number of carboxylic acid groups (broad SMARTS) is 1. The Morgan fingerprint density at radius 2 is 2.00 bits per heavy atom. The number of carbonyl (C=O) groups is 2. The van der Waals surface area contributed by atoms with Gasteiger partial charge >= 0.3 is 5.97 Å². The van der Waals surface area contributed by atoms with E-state index in [0.29, 0.717) is 19.4 Å². The minimum atomic E-state index is -1.20. The average molecular weight is 277 g/mol. The molecule has 2 rings (SSSR count). The van der Waals surface area contributed by atoms with Gasteiger partial charge in [-0.3, -0.25) is 9.59 Å². The van der Waals surface area contributed by atoms with Crippen LogP contribution in [0.4, 0.5) is 0 Å². The van der Waals surface area contributed by atoms with E-state index >= 15 is 0 Å². The van der Waals surface area contributed by atoms with E-state index in [4.69, 9.17) is 9.84 Å². The Morgan fingerprint density at radius 3 is 2.50 bits per heavy atom. The Labute approximate surface area is 117 Å². The zero-order chi connectivity index (χ0) is 14.6. The van der Waals surface area contributed by atoms with Gasteiger partial charge in [0.05, 0.1) is 6.10 Å². The van der Waals surface area contributed by atoms with Gasteiger partial charge in [0.2, 0.25) is 5.91 Å². The standard InChI is InChI=1S/C15H19NO4/c1-2-20-12(11-6-4-3-5-7-11)10-16-13(17)15(8-9-15)14(18)19/h3-7,12H,2,8-10H2,1H3,(H,16,17)(H,18,19). The molecule has 0 radical (unpaired) electrons. The minimum absolute atomic E-state index is 0.255. The third kappa shape index (κ3) is 2.99. The van der Waals surface area contributed by atoms with Crippen molar-refractivity contribution in [3.05, 3.63) is 35.9 Å². The summed E-state index contributed by atoms with van der Waals surface area (Å²) in [5.41, 5.74) is -0.234. The second kappa shape index (κ2) is 6.05. The molecule has 5 nitrogen and oxygen atoms in total. The number of ether oxygens (including phenoxy) is 1. The molecular weight excluding hydrogens is 258 g/mol. The molecule has 0 bridgehead atoms. The van der Waals surface area contributed by atoms with Crippen molar-refractivity contribution in [2.45, 2.75) is 25.9 Å². The molecule has 108 valence electrons. The van der Waals surface area contributed by atoms with Crippen LogP contribution < -0.4 is 5.32 Å². The van der Waals surface area contributed by atoms with Crippen LogP contribution in [0.1, 0.15) is 31.4 Å². The Hall–Kier alpha value is -1.88. The fourth-order valence-corrected chi connectivity index (χ4v) is 2.16. The topological polar surface area (TPSA) is 75.6 Å². The Balaban J connectivity index is 1.96. The number of hydrogen-bond donors (Lipinski definition) is 2. The van der Waals surface area contributed by atoms with Gasteiger partial charge in [-0.1, -0.05) is 30.3 Å². The lowest BCUT2D eigenvalue weighted by Gasteiger charge is -2.19. The van der Waals surface area contributed by atoms with Crippen molar-refractivity contribution in [3.8, 4) is 0 Å². The van der Waals surface area contributed by atoms with Gasteiger partial charge in [0, 0.05) is 13.2 Å². The number of aliphatic carboxylic acids is 1. The quantitative estimate of drug-likeness (QED) is 0.744. The zero-order valence-corrected chi connectivity index (χ0v) is 11.5. The molecule has 20 heavy (non-hydrogen) atoms. The van der Waals surface area contributed by atoms with Crippen molar-refractivity contribution in [2.75, 3.05) is 13.2 Å². The van der Waals surface area contributed by atoms with E-state index in [0.717, 1.165) is 5.56 Å². The van der Waals surface area contributed by atoms with Gasteiger partial charge in [-0.05, 0) is 25.3 Å². The van der Waals surface area contributed by atoms with Crippen LogP contribution >= 0.6 is 0 Å². The van der Waals surface area contributed by atoms with Crippen molar-refractivity contribution in [1.82, 2.24) is 5.32 Å². The Bertz CT molecular complexity index is 482. The van der Waals surface area contributed by atoms with E-state index in [1.165, 1.54) is 0 Å². The summed E-state index contributed by atoms with van der Waals surface area (Å²) in [4.78, 5) is 23.0. The predicted molar refractivity (Wildman–Crippen MR) is 73.1 cm³/mol. The van der Waals surface area contributed by atoms with Crippen LogP contribution in [-0.4, -0.2) is 30.1 Å². The third-order valence-corrected chi connectivity index (χ3v) is 3.58. The summed E-state index contributed by atoms with van der Waals surface area (Å²) in [6, 6.07) is 9.58. The molecule has 0 aliphatic heterocycles. The third-order valence-electron chi connectivity index (χ3n) is 3.58. The van der Waals surface area contributed by atoms with Crippen LogP contribution in [0.5, 0.6) is 0 Å². The number of nitrogens with one attached hydrogen (secondary N) is 1. The molecule has 1 aliphatic rings. The number of carbonyl (C=O) groups excluding carboxylic acids is 1. The lowest BCUT2D eigenvalue weighted by Crippen LogP contribution is -2.39. The summed E-state index contributed by atoms with van der Waals surface area (Å²) in [6.07, 6.45) is 0.576. The molecule has 1 aromatic carbocycles. The van der Waals surface area contributed by atoms with Crippen LogP contribution in [0.2, 0.25) is 0 Å². The number of hydrogen-bond acceptors (Lipinski definition) is 3. The van der Waals surface area contributed by atoms with Crippen LogP contribution in [0.25, 0.3) is 0 Å². The summed E-state index contributed by atoms with van der Waals surface area (Å²) in [7, 11) is 0. The first-order valence-corrected chi connectivity index (χ1v) is 6.78. The Kier molecular flexibility index (Phi) is 4.39. The van der Waals surface area contributed by atoms with E-state index in [1.54, 1.807) is 0 Å².